The van der Waals surface area contributed by atoms with Crippen molar-refractivity contribution in [2.75, 3.05) is 0 Å². The third-order valence-electron chi connectivity index (χ3n) is 11.4. The highest BCUT2D eigenvalue weighted by molar-refractivity contribution is 9.10. The van der Waals surface area contributed by atoms with Crippen molar-refractivity contribution in [2.45, 2.75) is 0 Å². The fourth-order valence-corrected chi connectivity index (χ4v) is 16.0. The van der Waals surface area contributed by atoms with Crippen LogP contribution in [0.4, 0.5) is 0 Å². The molecule has 15 heteroatoms. The van der Waals surface area contributed by atoms with Gasteiger partial charge in [0, 0.05) is 36.3 Å². The number of halogens is 1. The van der Waals surface area contributed by atoms with Crippen LogP contribution in [-0.2, 0) is 18.3 Å². The largest absolute Gasteiger partial charge is 0.415 e. The number of hydrogen-bond donors (Lipinski definition) is 0. The Morgan fingerprint density at radius 3 is 0.787 bits per heavy atom. The minimum absolute atomic E-state index is 0.219. The summed E-state index contributed by atoms with van der Waals surface area (Å²) in [4.78, 5) is 0. The monoisotopic (exact) mass is 1110 g/mol. The molecule has 10 nitrogen and oxygen atoms in total. The minimum atomic E-state index is -3.58. The molecule has 4 unspecified atom stereocenters. The first-order valence-corrected chi connectivity index (χ1v) is 29.2. The second-order valence-electron chi connectivity index (χ2n) is 16.1. The number of hydrogen-bond acceptors (Lipinski definition) is 10. The fourth-order valence-electron chi connectivity index (χ4n) is 7.75. The lowest BCUT2D eigenvalue weighted by Crippen LogP contribution is -2.29. The molecule has 0 aromatic heterocycles. The number of nitriles is 6. The first kappa shape index (κ1) is 53.8. The summed E-state index contributed by atoms with van der Waals surface area (Å²) in [5, 5.41) is 61.0. The molecular weight excluding hydrogens is 1070 g/mol. The Kier molecular flexibility index (Phi) is 18.0. The smallest absolute Gasteiger partial charge is 0.309 e. The van der Waals surface area contributed by atoms with Crippen LogP contribution in [-0.4, -0.2) is 0 Å². The van der Waals surface area contributed by atoms with Crippen LogP contribution in [0.1, 0.15) is 33.4 Å². The fraction of sp³-hybridized carbons (Fsp3) is 0. The Bertz CT molecular complexity index is 3640. The van der Waals surface area contributed by atoms with Gasteiger partial charge in [-0.05, 0) is 103 Å². The van der Waals surface area contributed by atoms with Crippen molar-refractivity contribution in [3.63, 3.8) is 0 Å². The van der Waals surface area contributed by atoms with Gasteiger partial charge in [-0.1, -0.05) is 146 Å². The summed E-state index contributed by atoms with van der Waals surface area (Å²) in [7, 11) is -10.4. The van der Waals surface area contributed by atoms with Crippen LogP contribution in [0.5, 0.6) is 0 Å². The summed E-state index contributed by atoms with van der Waals surface area (Å²) in [5.74, 6) is 0. The van der Waals surface area contributed by atoms with Gasteiger partial charge < -0.3 is 9.13 Å². The molecule has 4 atom stereocenters. The SMILES string of the molecule is N#Cc1cc(Br)cc(C#N)c1.N#Cc1cc(C#N)cc(P(=O)(c2ccccc2)c2ccc(P(=O)(c3ccccc3)c3cc(C#N)cc(C#N)c3)cc2)c1.O=[P+](c1ccccc1)c1ccc([P+](=O)c2ccccc2)cc1. The second kappa shape index (κ2) is 25.1. The summed E-state index contributed by atoms with van der Waals surface area (Å²) in [6.07, 6.45) is 0. The number of rotatable bonds is 10. The van der Waals surface area contributed by atoms with E-state index in [2.05, 4.69) is 15.9 Å². The highest BCUT2D eigenvalue weighted by Gasteiger charge is 2.34. The third kappa shape index (κ3) is 12.6. The van der Waals surface area contributed by atoms with Gasteiger partial charge >= 0.3 is 15.6 Å². The third-order valence-corrected chi connectivity index (χ3v) is 21.0. The first-order chi connectivity index (χ1) is 36.4. The van der Waals surface area contributed by atoms with Crippen LogP contribution in [0.3, 0.4) is 0 Å². The van der Waals surface area contributed by atoms with Crippen LogP contribution in [0, 0.1) is 68.0 Å². The maximum Gasteiger partial charge on any atom is 0.415 e. The molecular formula is C60H37BrN6O4P4+2. The number of benzene rings is 9. The molecule has 0 bridgehead atoms. The molecule has 0 aliphatic rings. The van der Waals surface area contributed by atoms with E-state index in [9.17, 15) is 30.2 Å². The lowest BCUT2D eigenvalue weighted by molar-refractivity contribution is 0.591. The lowest BCUT2D eigenvalue weighted by atomic mass is 10.1. The van der Waals surface area contributed by atoms with Crippen molar-refractivity contribution in [3.8, 4) is 36.4 Å². The van der Waals surface area contributed by atoms with E-state index in [0.29, 0.717) is 43.0 Å². The van der Waals surface area contributed by atoms with E-state index in [1.165, 1.54) is 36.4 Å². The zero-order valence-electron chi connectivity index (χ0n) is 39.3. The topological polar surface area (TPSA) is 211 Å². The van der Waals surface area contributed by atoms with E-state index >= 15 is 9.13 Å². The predicted molar refractivity (Wildman–Crippen MR) is 301 cm³/mol. The van der Waals surface area contributed by atoms with Crippen molar-refractivity contribution in [1.29, 1.82) is 31.6 Å². The summed E-state index contributed by atoms with van der Waals surface area (Å²) in [6, 6.07) is 76.3. The normalized spacial score (nSPS) is 12.1. The first-order valence-electron chi connectivity index (χ1n) is 22.5. The predicted octanol–water partition coefficient (Wildman–Crippen LogP) is 9.89. The van der Waals surface area contributed by atoms with Crippen molar-refractivity contribution in [3.05, 3.63) is 262 Å². The van der Waals surface area contributed by atoms with E-state index < -0.39 is 29.9 Å². The van der Waals surface area contributed by atoms with Crippen LogP contribution >= 0.6 is 45.8 Å². The van der Waals surface area contributed by atoms with Gasteiger partial charge in [0.25, 0.3) is 0 Å². The maximum absolute atomic E-state index is 15.1. The average Bonchev–Trinajstić information content (AvgIpc) is 3.49. The molecule has 0 aliphatic carbocycles. The van der Waals surface area contributed by atoms with Gasteiger partial charge in [0.2, 0.25) is 0 Å². The Morgan fingerprint density at radius 1 is 0.293 bits per heavy atom. The lowest BCUT2D eigenvalue weighted by Gasteiger charge is -2.23. The molecule has 9 rings (SSSR count). The maximum atomic E-state index is 15.1. The minimum Gasteiger partial charge on any atom is -0.309 e. The Hall–Kier alpha value is -8.94. The van der Waals surface area contributed by atoms with Gasteiger partial charge in [-0.3, -0.25) is 0 Å². The van der Waals surface area contributed by atoms with Crippen molar-refractivity contribution in [2.24, 2.45) is 0 Å². The quantitative estimate of drug-likeness (QED) is 0.118. The van der Waals surface area contributed by atoms with Crippen molar-refractivity contribution >= 4 is 98.9 Å². The molecule has 9 aromatic rings. The molecule has 0 fully saturated rings. The Balaban J connectivity index is 0.000000204. The van der Waals surface area contributed by atoms with E-state index in [4.69, 9.17) is 10.5 Å². The van der Waals surface area contributed by atoms with Crippen molar-refractivity contribution in [1.82, 2.24) is 0 Å². The molecule has 0 saturated heterocycles. The highest BCUT2D eigenvalue weighted by atomic mass is 79.9. The van der Waals surface area contributed by atoms with E-state index in [0.717, 1.165) is 25.7 Å². The van der Waals surface area contributed by atoms with Gasteiger partial charge in [-0.2, -0.15) is 31.6 Å². The van der Waals surface area contributed by atoms with Gasteiger partial charge in [0.05, 0.1) is 69.8 Å². The highest BCUT2D eigenvalue weighted by Crippen LogP contribution is 2.45. The standard InChI is InChI=1S/C34H20N4O2P2.C18H14O2P2.C8H3BrN2/c35-21-25-15-26(22-36)18-33(17-25)41(39,29-7-3-1-4-8-29)31-11-13-32(14-12-31)42(40,30-9-5-2-6-10-30)34-19-27(23-37)16-28(20-34)24-38;19-21(15-7-3-1-4-8-15)17-11-13-18(14-12-17)22(20)16-9-5-2-6-10-16;9-8-2-6(4-10)1-7(3-8)5-11/h1-20H;1-14H;1-3H/q;+2;. The molecule has 0 spiro atoms. The molecule has 356 valence electrons. The zero-order valence-corrected chi connectivity index (χ0v) is 44.5. The molecule has 0 saturated carbocycles. The van der Waals surface area contributed by atoms with Gasteiger partial charge in [-0.15, -0.1) is 0 Å². The van der Waals surface area contributed by atoms with Gasteiger partial charge in [0.15, 0.2) is 35.5 Å². The van der Waals surface area contributed by atoms with Crippen LogP contribution in [0.2, 0.25) is 0 Å². The molecule has 0 N–H and O–H groups in total. The van der Waals surface area contributed by atoms with Gasteiger partial charge in [0.1, 0.15) is 0 Å². The van der Waals surface area contributed by atoms with E-state index in [-0.39, 0.29) is 22.3 Å². The van der Waals surface area contributed by atoms with Crippen LogP contribution in [0.25, 0.3) is 0 Å². The summed E-state index contributed by atoms with van der Waals surface area (Å²) in [5.41, 5.74) is 1.87. The van der Waals surface area contributed by atoms with E-state index in [1.54, 1.807) is 115 Å². The molecule has 75 heavy (non-hydrogen) atoms. The van der Waals surface area contributed by atoms with Crippen LogP contribution < -0.4 is 53.0 Å². The molecule has 0 radical (unpaired) electrons. The van der Waals surface area contributed by atoms with Crippen LogP contribution in [0.15, 0.2) is 229 Å². The summed E-state index contributed by atoms with van der Waals surface area (Å²) in [6.45, 7) is 0. The molecule has 0 aliphatic heterocycles. The summed E-state index contributed by atoms with van der Waals surface area (Å²) < 4.78 is 55.8. The van der Waals surface area contributed by atoms with Crippen molar-refractivity contribution < 1.29 is 18.3 Å². The second-order valence-corrected chi connectivity index (χ2v) is 25.8. The van der Waals surface area contributed by atoms with E-state index in [1.807, 2.05) is 109 Å². The van der Waals surface area contributed by atoms with Gasteiger partial charge in [-0.25, -0.2) is 0 Å². The molecule has 0 heterocycles. The zero-order chi connectivity index (χ0) is 53.4. The average molecular weight is 1110 g/mol. The number of nitrogens with zero attached hydrogens (tertiary/aromatic N) is 6. The Labute approximate surface area is 444 Å². The summed E-state index contributed by atoms with van der Waals surface area (Å²) >= 11 is 3.19. The molecule has 9 aromatic carbocycles. The molecule has 0 amide bonds. The Morgan fingerprint density at radius 2 is 0.520 bits per heavy atom.